The molecule has 0 radical (unpaired) electrons. The maximum Gasteiger partial charge on any atom is 0.321 e. The fourth-order valence-electron chi connectivity index (χ4n) is 3.40. The van der Waals surface area contributed by atoms with E-state index < -0.39 is 4.92 Å². The number of carbonyl (C=O) groups excluding carboxylic acids is 1. The fourth-order valence-corrected chi connectivity index (χ4v) is 3.40. The highest BCUT2D eigenvalue weighted by molar-refractivity contribution is 5.89. The summed E-state index contributed by atoms with van der Waals surface area (Å²) in [5.74, 6) is 0.531. The van der Waals surface area contributed by atoms with Crippen molar-refractivity contribution < 1.29 is 9.72 Å². The number of non-ortho nitro benzene ring substituents is 1. The Morgan fingerprint density at radius 1 is 1.30 bits per heavy atom. The standard InChI is InChI=1S/C16H22N4O3/c21-16(17-14-4-3-5-15(10-14)20(22)23)19-9-6-13(12-19)11-18-7-1-2-8-18/h3-5,10,13H,1-2,6-9,11-12H2,(H,17,21). The van der Waals surface area contributed by atoms with Crippen LogP contribution in [-0.4, -0.2) is 53.5 Å². The number of amides is 2. The van der Waals surface area contributed by atoms with Crippen LogP contribution in [0.5, 0.6) is 0 Å². The topological polar surface area (TPSA) is 78.7 Å². The number of hydrogen-bond acceptors (Lipinski definition) is 4. The largest absolute Gasteiger partial charge is 0.324 e. The van der Waals surface area contributed by atoms with E-state index in [9.17, 15) is 14.9 Å². The summed E-state index contributed by atoms with van der Waals surface area (Å²) in [6, 6.07) is 5.87. The van der Waals surface area contributed by atoms with Gasteiger partial charge in [-0.15, -0.1) is 0 Å². The zero-order valence-electron chi connectivity index (χ0n) is 13.1. The van der Waals surface area contributed by atoms with E-state index in [1.54, 1.807) is 17.0 Å². The van der Waals surface area contributed by atoms with E-state index in [1.165, 1.54) is 38.1 Å². The maximum absolute atomic E-state index is 12.3. The molecule has 1 aromatic carbocycles. The monoisotopic (exact) mass is 318 g/mol. The number of urea groups is 1. The summed E-state index contributed by atoms with van der Waals surface area (Å²) in [7, 11) is 0. The molecular formula is C16H22N4O3. The smallest absolute Gasteiger partial charge is 0.321 e. The quantitative estimate of drug-likeness (QED) is 0.683. The molecule has 2 aliphatic heterocycles. The first-order chi connectivity index (χ1) is 11.1. The Morgan fingerprint density at radius 2 is 2.09 bits per heavy atom. The van der Waals surface area contributed by atoms with Gasteiger partial charge in [-0.2, -0.15) is 0 Å². The number of carbonyl (C=O) groups is 1. The lowest BCUT2D eigenvalue weighted by atomic mass is 10.1. The Hall–Kier alpha value is -2.15. The van der Waals surface area contributed by atoms with E-state index in [4.69, 9.17) is 0 Å². The van der Waals surface area contributed by atoms with Gasteiger partial charge in [-0.3, -0.25) is 10.1 Å². The molecule has 0 saturated carbocycles. The second kappa shape index (κ2) is 6.95. The molecule has 0 aliphatic carbocycles. The average Bonchev–Trinajstić information content (AvgIpc) is 3.20. The third-order valence-corrected chi connectivity index (χ3v) is 4.60. The summed E-state index contributed by atoms with van der Waals surface area (Å²) in [4.78, 5) is 26.9. The summed E-state index contributed by atoms with van der Waals surface area (Å²) in [5, 5.41) is 13.5. The number of nitro groups is 1. The maximum atomic E-state index is 12.3. The molecule has 7 heteroatoms. The van der Waals surface area contributed by atoms with Crippen LogP contribution in [0, 0.1) is 16.0 Å². The van der Waals surface area contributed by atoms with Crippen LogP contribution in [0.2, 0.25) is 0 Å². The first-order valence-corrected chi connectivity index (χ1v) is 8.14. The third-order valence-electron chi connectivity index (χ3n) is 4.60. The van der Waals surface area contributed by atoms with E-state index >= 15 is 0 Å². The molecule has 2 amide bonds. The normalized spacial score (nSPS) is 21.6. The van der Waals surface area contributed by atoms with Gasteiger partial charge < -0.3 is 15.1 Å². The van der Waals surface area contributed by atoms with Crippen LogP contribution in [0.25, 0.3) is 0 Å². The van der Waals surface area contributed by atoms with Crippen molar-refractivity contribution in [3.8, 4) is 0 Å². The number of nitro benzene ring substituents is 1. The Morgan fingerprint density at radius 3 is 2.83 bits per heavy atom. The Bertz CT molecular complexity index is 586. The number of rotatable bonds is 4. The summed E-state index contributed by atoms with van der Waals surface area (Å²) in [6.07, 6.45) is 3.59. The molecule has 2 aliphatic rings. The van der Waals surface area contributed by atoms with E-state index in [0.29, 0.717) is 11.6 Å². The minimum absolute atomic E-state index is 0.0175. The van der Waals surface area contributed by atoms with E-state index in [1.807, 2.05) is 0 Å². The lowest BCUT2D eigenvalue weighted by Crippen LogP contribution is -2.34. The van der Waals surface area contributed by atoms with Crippen molar-refractivity contribution >= 4 is 17.4 Å². The zero-order valence-corrected chi connectivity index (χ0v) is 13.1. The Kier molecular flexibility index (Phi) is 4.76. The second-order valence-corrected chi connectivity index (χ2v) is 6.35. The highest BCUT2D eigenvalue weighted by atomic mass is 16.6. The molecule has 3 rings (SSSR count). The van der Waals surface area contributed by atoms with Crippen molar-refractivity contribution in [2.24, 2.45) is 5.92 Å². The predicted octanol–water partition coefficient (Wildman–Crippen LogP) is 2.54. The minimum Gasteiger partial charge on any atom is -0.324 e. The third kappa shape index (κ3) is 3.98. The summed E-state index contributed by atoms with van der Waals surface area (Å²) < 4.78 is 0. The molecule has 7 nitrogen and oxygen atoms in total. The van der Waals surface area contributed by atoms with Gasteiger partial charge >= 0.3 is 6.03 Å². The van der Waals surface area contributed by atoms with Gasteiger partial charge in [-0.05, 0) is 44.3 Å². The number of nitrogens with one attached hydrogen (secondary N) is 1. The van der Waals surface area contributed by atoms with Gasteiger partial charge in [-0.1, -0.05) is 6.07 Å². The van der Waals surface area contributed by atoms with E-state index in [0.717, 1.165) is 26.1 Å². The fraction of sp³-hybridized carbons (Fsp3) is 0.562. The molecule has 0 aromatic heterocycles. The molecular weight excluding hydrogens is 296 g/mol. The number of likely N-dealkylation sites (tertiary alicyclic amines) is 2. The van der Waals surface area contributed by atoms with Gasteiger partial charge in [-0.25, -0.2) is 4.79 Å². The molecule has 0 spiro atoms. The molecule has 2 saturated heterocycles. The average molecular weight is 318 g/mol. The molecule has 124 valence electrons. The minimum atomic E-state index is -0.461. The van der Waals surface area contributed by atoms with Crippen LogP contribution in [-0.2, 0) is 0 Å². The highest BCUT2D eigenvalue weighted by Crippen LogP contribution is 2.22. The van der Waals surface area contributed by atoms with Crippen molar-refractivity contribution in [3.63, 3.8) is 0 Å². The van der Waals surface area contributed by atoms with Gasteiger partial charge in [0.1, 0.15) is 0 Å². The van der Waals surface area contributed by atoms with Crippen molar-refractivity contribution in [2.45, 2.75) is 19.3 Å². The molecule has 0 bridgehead atoms. The lowest BCUT2D eigenvalue weighted by Gasteiger charge is -2.21. The zero-order chi connectivity index (χ0) is 16.2. The lowest BCUT2D eigenvalue weighted by molar-refractivity contribution is -0.384. The van der Waals surface area contributed by atoms with E-state index in [2.05, 4.69) is 10.2 Å². The van der Waals surface area contributed by atoms with Gasteiger partial charge in [0, 0.05) is 37.5 Å². The molecule has 23 heavy (non-hydrogen) atoms. The van der Waals surface area contributed by atoms with Crippen LogP contribution in [0.4, 0.5) is 16.2 Å². The predicted molar refractivity (Wildman–Crippen MR) is 87.5 cm³/mol. The Labute approximate surface area is 135 Å². The number of benzene rings is 1. The first-order valence-electron chi connectivity index (χ1n) is 8.14. The van der Waals surface area contributed by atoms with Gasteiger partial charge in [0.05, 0.1) is 4.92 Å². The SMILES string of the molecule is O=C(Nc1cccc([N+](=O)[O-])c1)N1CCC(CN2CCCC2)C1. The van der Waals surface area contributed by atoms with Gasteiger partial charge in [0.2, 0.25) is 0 Å². The van der Waals surface area contributed by atoms with Crippen LogP contribution in [0.15, 0.2) is 24.3 Å². The number of anilines is 1. The molecule has 1 unspecified atom stereocenters. The second-order valence-electron chi connectivity index (χ2n) is 6.35. The van der Waals surface area contributed by atoms with Crippen molar-refractivity contribution in [1.82, 2.24) is 9.80 Å². The molecule has 1 N–H and O–H groups in total. The summed E-state index contributed by atoms with van der Waals surface area (Å²) in [6.45, 7) is 4.93. The number of hydrogen-bond donors (Lipinski definition) is 1. The van der Waals surface area contributed by atoms with Crippen LogP contribution in [0.3, 0.4) is 0 Å². The summed E-state index contributed by atoms with van der Waals surface area (Å²) in [5.41, 5.74) is 0.448. The van der Waals surface area contributed by atoms with E-state index in [-0.39, 0.29) is 11.7 Å². The molecule has 1 aromatic rings. The van der Waals surface area contributed by atoms with Gasteiger partial charge in [0.25, 0.3) is 5.69 Å². The summed E-state index contributed by atoms with van der Waals surface area (Å²) >= 11 is 0. The van der Waals surface area contributed by atoms with Crippen LogP contribution < -0.4 is 5.32 Å². The van der Waals surface area contributed by atoms with Crippen LogP contribution >= 0.6 is 0 Å². The number of nitrogens with zero attached hydrogens (tertiary/aromatic N) is 3. The van der Waals surface area contributed by atoms with Crippen molar-refractivity contribution in [2.75, 3.05) is 38.0 Å². The van der Waals surface area contributed by atoms with Gasteiger partial charge in [0.15, 0.2) is 0 Å². The Balaban J connectivity index is 1.52. The highest BCUT2D eigenvalue weighted by Gasteiger charge is 2.28. The first kappa shape index (κ1) is 15.7. The van der Waals surface area contributed by atoms with Crippen molar-refractivity contribution in [1.29, 1.82) is 0 Å². The molecule has 1 atom stereocenters. The molecule has 2 heterocycles. The van der Waals surface area contributed by atoms with Crippen LogP contribution in [0.1, 0.15) is 19.3 Å². The molecule has 2 fully saturated rings. The van der Waals surface area contributed by atoms with Crippen molar-refractivity contribution in [3.05, 3.63) is 34.4 Å².